The second-order valence-corrected chi connectivity index (χ2v) is 3.61. The van der Waals surface area contributed by atoms with Crippen LogP contribution in [-0.4, -0.2) is 36.3 Å². The zero-order chi connectivity index (χ0) is 9.97. The van der Waals surface area contributed by atoms with Gasteiger partial charge in [-0.25, -0.2) is 4.98 Å². The van der Waals surface area contributed by atoms with Crippen LogP contribution in [0.1, 0.15) is 12.1 Å². The van der Waals surface area contributed by atoms with E-state index in [1.165, 1.54) is 0 Å². The quantitative estimate of drug-likeness (QED) is 0.702. The second-order valence-electron chi connectivity index (χ2n) is 3.61. The van der Waals surface area contributed by atoms with Crippen molar-refractivity contribution in [2.75, 3.05) is 25.1 Å². The van der Waals surface area contributed by atoms with E-state index in [1.54, 1.807) is 13.3 Å². The summed E-state index contributed by atoms with van der Waals surface area (Å²) < 4.78 is 5.30. The van der Waals surface area contributed by atoms with Crippen LogP contribution in [0.5, 0.6) is 0 Å². The number of rotatable bonds is 2. The number of ether oxygens (including phenoxy) is 1. The summed E-state index contributed by atoms with van der Waals surface area (Å²) in [6.45, 7) is 3.89. The van der Waals surface area contributed by atoms with E-state index in [9.17, 15) is 0 Å². The molecule has 1 saturated heterocycles. The summed E-state index contributed by atoms with van der Waals surface area (Å²) in [6.07, 6.45) is 5.00. The molecule has 4 nitrogen and oxygen atoms in total. The molecular formula is C10H15N3O. The minimum absolute atomic E-state index is 0.345. The van der Waals surface area contributed by atoms with Crippen LogP contribution in [-0.2, 0) is 4.74 Å². The summed E-state index contributed by atoms with van der Waals surface area (Å²) in [5, 5.41) is 0. The minimum Gasteiger partial charge on any atom is -0.380 e. The Morgan fingerprint density at radius 3 is 3.00 bits per heavy atom. The van der Waals surface area contributed by atoms with Gasteiger partial charge in [-0.2, -0.15) is 0 Å². The first-order valence-electron chi connectivity index (χ1n) is 4.86. The summed E-state index contributed by atoms with van der Waals surface area (Å²) >= 11 is 0. The topological polar surface area (TPSA) is 38.2 Å². The molecule has 2 heterocycles. The van der Waals surface area contributed by atoms with E-state index < -0.39 is 0 Å². The molecule has 1 aliphatic heterocycles. The standard InChI is InChI=1S/C10H15N3O/c1-8-5-11-6-10(12-8)13-4-3-9(7-13)14-2/h5-6,9H,3-4,7H2,1-2H3. The Hall–Kier alpha value is -1.16. The molecule has 0 bridgehead atoms. The number of hydrogen-bond acceptors (Lipinski definition) is 4. The van der Waals surface area contributed by atoms with Crippen molar-refractivity contribution < 1.29 is 4.74 Å². The van der Waals surface area contributed by atoms with Crippen molar-refractivity contribution in [3.05, 3.63) is 18.1 Å². The number of nitrogens with zero attached hydrogens (tertiary/aromatic N) is 3. The van der Waals surface area contributed by atoms with Gasteiger partial charge >= 0.3 is 0 Å². The fraction of sp³-hybridized carbons (Fsp3) is 0.600. The third kappa shape index (κ3) is 1.85. The van der Waals surface area contributed by atoms with Crippen LogP contribution in [0.3, 0.4) is 0 Å². The van der Waals surface area contributed by atoms with Gasteiger partial charge in [0.15, 0.2) is 0 Å². The largest absolute Gasteiger partial charge is 0.380 e. The Balaban J connectivity index is 2.09. The second kappa shape index (κ2) is 3.92. The van der Waals surface area contributed by atoms with E-state index in [1.807, 2.05) is 13.1 Å². The molecule has 76 valence electrons. The highest BCUT2D eigenvalue weighted by atomic mass is 16.5. The predicted octanol–water partition coefficient (Wildman–Crippen LogP) is 1.01. The highest BCUT2D eigenvalue weighted by Crippen LogP contribution is 2.18. The Labute approximate surface area is 83.9 Å². The van der Waals surface area contributed by atoms with Gasteiger partial charge in [0, 0.05) is 26.4 Å². The molecule has 1 aliphatic rings. The predicted molar refractivity (Wildman–Crippen MR) is 54.4 cm³/mol. The molecule has 0 aliphatic carbocycles. The first-order valence-corrected chi connectivity index (χ1v) is 4.86. The maximum absolute atomic E-state index is 5.30. The Morgan fingerprint density at radius 2 is 2.36 bits per heavy atom. The summed E-state index contributed by atoms with van der Waals surface area (Å²) in [6, 6.07) is 0. The average Bonchev–Trinajstić information content (AvgIpc) is 2.66. The Bertz CT molecular complexity index is 316. The SMILES string of the molecule is COC1CCN(c2cncc(C)n2)C1. The van der Waals surface area contributed by atoms with Crippen molar-refractivity contribution in [3.8, 4) is 0 Å². The lowest BCUT2D eigenvalue weighted by atomic mass is 10.3. The average molecular weight is 193 g/mol. The normalized spacial score (nSPS) is 21.6. The molecule has 1 fully saturated rings. The van der Waals surface area contributed by atoms with Crippen molar-refractivity contribution in [2.45, 2.75) is 19.4 Å². The third-order valence-electron chi connectivity index (χ3n) is 2.54. The van der Waals surface area contributed by atoms with E-state index in [0.717, 1.165) is 31.0 Å². The van der Waals surface area contributed by atoms with E-state index in [4.69, 9.17) is 4.74 Å². The molecule has 2 rings (SSSR count). The zero-order valence-corrected chi connectivity index (χ0v) is 8.60. The summed E-state index contributed by atoms with van der Waals surface area (Å²) in [4.78, 5) is 10.8. The highest BCUT2D eigenvalue weighted by molar-refractivity contribution is 5.37. The maximum atomic E-state index is 5.30. The van der Waals surface area contributed by atoms with Gasteiger partial charge in [-0.1, -0.05) is 0 Å². The van der Waals surface area contributed by atoms with Crippen LogP contribution in [0, 0.1) is 6.92 Å². The van der Waals surface area contributed by atoms with Crippen LogP contribution in [0.15, 0.2) is 12.4 Å². The van der Waals surface area contributed by atoms with Crippen LogP contribution in [0.4, 0.5) is 5.82 Å². The van der Waals surface area contributed by atoms with Gasteiger partial charge in [-0.05, 0) is 13.3 Å². The minimum atomic E-state index is 0.345. The maximum Gasteiger partial charge on any atom is 0.147 e. The van der Waals surface area contributed by atoms with Crippen LogP contribution in [0.2, 0.25) is 0 Å². The smallest absolute Gasteiger partial charge is 0.147 e. The molecule has 0 amide bonds. The fourth-order valence-electron chi connectivity index (χ4n) is 1.73. The highest BCUT2D eigenvalue weighted by Gasteiger charge is 2.22. The van der Waals surface area contributed by atoms with Crippen LogP contribution >= 0.6 is 0 Å². The molecule has 1 aromatic rings. The lowest BCUT2D eigenvalue weighted by Gasteiger charge is -2.16. The van der Waals surface area contributed by atoms with Crippen molar-refractivity contribution in [3.63, 3.8) is 0 Å². The summed E-state index contributed by atoms with van der Waals surface area (Å²) in [5.41, 5.74) is 0.961. The van der Waals surface area contributed by atoms with Crippen LogP contribution < -0.4 is 4.90 Å². The lowest BCUT2D eigenvalue weighted by Crippen LogP contribution is -2.23. The van der Waals surface area contributed by atoms with Gasteiger partial charge in [0.05, 0.1) is 18.0 Å². The van der Waals surface area contributed by atoms with Gasteiger partial charge in [-0.3, -0.25) is 4.98 Å². The zero-order valence-electron chi connectivity index (χ0n) is 8.60. The molecule has 14 heavy (non-hydrogen) atoms. The van der Waals surface area contributed by atoms with Crippen molar-refractivity contribution in [1.82, 2.24) is 9.97 Å². The molecule has 4 heteroatoms. The van der Waals surface area contributed by atoms with E-state index in [-0.39, 0.29) is 0 Å². The van der Waals surface area contributed by atoms with E-state index >= 15 is 0 Å². The molecule has 0 saturated carbocycles. The summed E-state index contributed by atoms with van der Waals surface area (Å²) in [5.74, 6) is 0.963. The molecule has 1 atom stereocenters. The molecule has 0 aromatic carbocycles. The Kier molecular flexibility index (Phi) is 2.63. The van der Waals surface area contributed by atoms with E-state index in [2.05, 4.69) is 14.9 Å². The summed E-state index contributed by atoms with van der Waals surface area (Å²) in [7, 11) is 1.76. The van der Waals surface area contributed by atoms with Gasteiger partial charge in [0.1, 0.15) is 5.82 Å². The molecule has 1 aromatic heterocycles. The van der Waals surface area contributed by atoms with Gasteiger partial charge in [0.25, 0.3) is 0 Å². The van der Waals surface area contributed by atoms with Crippen molar-refractivity contribution >= 4 is 5.82 Å². The molecular weight excluding hydrogens is 178 g/mol. The van der Waals surface area contributed by atoms with Crippen molar-refractivity contribution in [1.29, 1.82) is 0 Å². The molecule has 0 spiro atoms. The fourth-order valence-corrected chi connectivity index (χ4v) is 1.73. The third-order valence-corrected chi connectivity index (χ3v) is 2.54. The van der Waals surface area contributed by atoms with Crippen LogP contribution in [0.25, 0.3) is 0 Å². The monoisotopic (exact) mass is 193 g/mol. The number of aryl methyl sites for hydroxylation is 1. The first-order chi connectivity index (χ1) is 6.79. The number of aromatic nitrogens is 2. The number of hydrogen-bond donors (Lipinski definition) is 0. The van der Waals surface area contributed by atoms with Crippen molar-refractivity contribution in [2.24, 2.45) is 0 Å². The first kappa shape index (κ1) is 9.40. The molecule has 1 unspecified atom stereocenters. The number of methoxy groups -OCH3 is 1. The molecule has 0 radical (unpaired) electrons. The van der Waals surface area contributed by atoms with Gasteiger partial charge < -0.3 is 9.64 Å². The van der Waals surface area contributed by atoms with Gasteiger partial charge in [0.2, 0.25) is 0 Å². The number of anilines is 1. The van der Waals surface area contributed by atoms with E-state index in [0.29, 0.717) is 6.10 Å². The van der Waals surface area contributed by atoms with Gasteiger partial charge in [-0.15, -0.1) is 0 Å². The lowest BCUT2D eigenvalue weighted by molar-refractivity contribution is 0.121. The molecule has 0 N–H and O–H groups in total. The Morgan fingerprint density at radius 1 is 1.50 bits per heavy atom.